The molecule has 2 aromatic heterocycles. The predicted octanol–water partition coefficient (Wildman–Crippen LogP) is 2.85. The zero-order valence-electron chi connectivity index (χ0n) is 11.7. The monoisotopic (exact) mass is 332 g/mol. The van der Waals surface area contributed by atoms with Crippen LogP contribution in [0.15, 0.2) is 47.1 Å². The highest BCUT2D eigenvalue weighted by molar-refractivity contribution is 6.33. The topological polar surface area (TPSA) is 80.9 Å². The number of aromatic nitrogens is 3. The molecule has 1 amide bonds. The lowest BCUT2D eigenvalue weighted by Gasteiger charge is -2.05. The van der Waals surface area contributed by atoms with E-state index in [1.165, 1.54) is 12.1 Å². The third-order valence-corrected chi connectivity index (χ3v) is 3.30. The molecule has 0 fully saturated rings. The first-order valence-corrected chi connectivity index (χ1v) is 6.98. The fraction of sp³-hybridized carbons (Fsp3) is 0.0667. The highest BCUT2D eigenvalue weighted by atomic mass is 35.5. The number of benzene rings is 1. The van der Waals surface area contributed by atoms with Gasteiger partial charge >= 0.3 is 0 Å². The molecule has 8 heteroatoms. The van der Waals surface area contributed by atoms with Gasteiger partial charge in [-0.1, -0.05) is 17.7 Å². The molecular formula is C15H10ClFN4O2. The molecule has 3 rings (SSSR count). The van der Waals surface area contributed by atoms with Crippen LogP contribution in [-0.4, -0.2) is 21.1 Å². The van der Waals surface area contributed by atoms with Gasteiger partial charge in [-0.05, 0) is 24.3 Å². The number of nitrogens with zero attached hydrogens (tertiary/aromatic N) is 3. The number of rotatable bonds is 4. The average molecular weight is 333 g/mol. The van der Waals surface area contributed by atoms with Crippen LogP contribution in [0.25, 0.3) is 11.5 Å². The summed E-state index contributed by atoms with van der Waals surface area (Å²) in [4.78, 5) is 15.9. The zero-order chi connectivity index (χ0) is 16.2. The molecule has 0 unspecified atom stereocenters. The predicted molar refractivity (Wildman–Crippen MR) is 80.1 cm³/mol. The molecule has 0 atom stereocenters. The number of halogens is 2. The van der Waals surface area contributed by atoms with Crippen molar-refractivity contribution >= 4 is 17.5 Å². The van der Waals surface area contributed by atoms with Crippen molar-refractivity contribution in [3.63, 3.8) is 0 Å². The summed E-state index contributed by atoms with van der Waals surface area (Å²) in [5, 5.41) is 10.2. The van der Waals surface area contributed by atoms with E-state index in [0.29, 0.717) is 11.5 Å². The normalized spacial score (nSPS) is 10.5. The Hall–Kier alpha value is -2.80. The molecule has 0 aliphatic rings. The first kappa shape index (κ1) is 15.1. The van der Waals surface area contributed by atoms with Gasteiger partial charge in [0, 0.05) is 18.0 Å². The molecule has 0 saturated heterocycles. The van der Waals surface area contributed by atoms with Gasteiger partial charge in [-0.3, -0.25) is 9.78 Å². The highest BCUT2D eigenvalue weighted by Crippen LogP contribution is 2.19. The molecule has 0 saturated carbocycles. The second-order valence-electron chi connectivity index (χ2n) is 4.52. The maximum absolute atomic E-state index is 13.6. The average Bonchev–Trinajstić information content (AvgIpc) is 3.02. The van der Waals surface area contributed by atoms with Gasteiger partial charge < -0.3 is 9.73 Å². The quantitative estimate of drug-likeness (QED) is 0.794. The molecule has 6 nitrogen and oxygen atoms in total. The smallest absolute Gasteiger partial charge is 0.256 e. The first-order valence-electron chi connectivity index (χ1n) is 6.60. The van der Waals surface area contributed by atoms with Gasteiger partial charge in [0.15, 0.2) is 0 Å². The molecular weight excluding hydrogens is 323 g/mol. The van der Waals surface area contributed by atoms with E-state index in [1.807, 2.05) is 0 Å². The Morgan fingerprint density at radius 2 is 2.00 bits per heavy atom. The van der Waals surface area contributed by atoms with Crippen LogP contribution >= 0.6 is 11.6 Å². The molecule has 2 heterocycles. The Morgan fingerprint density at radius 1 is 1.22 bits per heavy atom. The Kier molecular flexibility index (Phi) is 4.29. The largest absolute Gasteiger partial charge is 0.419 e. The Balaban J connectivity index is 1.70. The Labute approximate surface area is 135 Å². The van der Waals surface area contributed by atoms with Gasteiger partial charge in [0.2, 0.25) is 11.8 Å². The van der Waals surface area contributed by atoms with Gasteiger partial charge in [0.05, 0.1) is 17.1 Å². The number of hydrogen-bond donors (Lipinski definition) is 1. The number of nitrogens with one attached hydrogen (secondary N) is 1. The molecule has 116 valence electrons. The summed E-state index contributed by atoms with van der Waals surface area (Å²) in [5.41, 5.74) is 0.491. The number of carbonyl (C=O) groups is 1. The lowest BCUT2D eigenvalue weighted by atomic mass is 10.2. The lowest BCUT2D eigenvalue weighted by Crippen LogP contribution is -2.24. The van der Waals surface area contributed by atoms with Crippen LogP contribution in [0.3, 0.4) is 0 Å². The Morgan fingerprint density at radius 3 is 2.74 bits per heavy atom. The fourth-order valence-corrected chi connectivity index (χ4v) is 2.14. The van der Waals surface area contributed by atoms with E-state index >= 15 is 0 Å². The molecule has 3 aromatic rings. The molecule has 1 N–H and O–H groups in total. The summed E-state index contributed by atoms with van der Waals surface area (Å²) in [6, 6.07) is 7.46. The molecule has 1 aromatic carbocycles. The van der Waals surface area contributed by atoms with Crippen molar-refractivity contribution in [3.05, 3.63) is 65.0 Å². The third-order valence-electron chi connectivity index (χ3n) is 2.98. The summed E-state index contributed by atoms with van der Waals surface area (Å²) < 4.78 is 19.1. The summed E-state index contributed by atoms with van der Waals surface area (Å²) in [7, 11) is 0. The third kappa shape index (κ3) is 3.35. The van der Waals surface area contributed by atoms with E-state index in [2.05, 4.69) is 20.5 Å². The summed E-state index contributed by atoms with van der Waals surface area (Å²) in [6.45, 7) is -0.0401. The van der Waals surface area contributed by atoms with Crippen LogP contribution in [0.1, 0.15) is 16.2 Å². The van der Waals surface area contributed by atoms with E-state index < -0.39 is 11.7 Å². The standard InChI is InChI=1S/C15H10ClFN4O2/c16-10-2-1-3-11(17)13(10)14(22)19-8-12-20-21-15(23-12)9-4-6-18-7-5-9/h1-7H,8H2,(H,19,22). The molecule has 0 radical (unpaired) electrons. The minimum absolute atomic E-state index is 0.0329. The van der Waals surface area contributed by atoms with Crippen molar-refractivity contribution in [1.82, 2.24) is 20.5 Å². The summed E-state index contributed by atoms with van der Waals surface area (Å²) in [5.74, 6) is -0.854. The van der Waals surface area contributed by atoms with E-state index in [1.54, 1.807) is 24.5 Å². The maximum Gasteiger partial charge on any atom is 0.256 e. The van der Waals surface area contributed by atoms with Crippen LogP contribution in [-0.2, 0) is 6.54 Å². The second-order valence-corrected chi connectivity index (χ2v) is 4.92. The number of pyridine rings is 1. The zero-order valence-corrected chi connectivity index (χ0v) is 12.4. The highest BCUT2D eigenvalue weighted by Gasteiger charge is 2.16. The Bertz CT molecular complexity index is 818. The van der Waals surface area contributed by atoms with Crippen LogP contribution < -0.4 is 5.32 Å². The number of carbonyl (C=O) groups excluding carboxylic acids is 1. The second kappa shape index (κ2) is 6.53. The summed E-state index contributed by atoms with van der Waals surface area (Å²) in [6.07, 6.45) is 3.20. The minimum atomic E-state index is -0.696. The van der Waals surface area contributed by atoms with Gasteiger partial charge in [0.1, 0.15) is 5.82 Å². The van der Waals surface area contributed by atoms with Gasteiger partial charge in [-0.2, -0.15) is 0 Å². The van der Waals surface area contributed by atoms with Crippen molar-refractivity contribution in [2.75, 3.05) is 0 Å². The van der Waals surface area contributed by atoms with Gasteiger partial charge in [-0.15, -0.1) is 10.2 Å². The molecule has 0 aliphatic carbocycles. The van der Waals surface area contributed by atoms with Crippen molar-refractivity contribution in [3.8, 4) is 11.5 Å². The van der Waals surface area contributed by atoms with Crippen LogP contribution in [0, 0.1) is 5.82 Å². The first-order chi connectivity index (χ1) is 11.1. The van der Waals surface area contributed by atoms with Crippen molar-refractivity contribution in [1.29, 1.82) is 0 Å². The van der Waals surface area contributed by atoms with E-state index in [-0.39, 0.29) is 23.0 Å². The molecule has 23 heavy (non-hydrogen) atoms. The van der Waals surface area contributed by atoms with Crippen molar-refractivity contribution in [2.45, 2.75) is 6.54 Å². The van der Waals surface area contributed by atoms with Crippen LogP contribution in [0.5, 0.6) is 0 Å². The van der Waals surface area contributed by atoms with Crippen molar-refractivity contribution < 1.29 is 13.6 Å². The molecule has 0 aliphatic heterocycles. The van der Waals surface area contributed by atoms with Gasteiger partial charge in [0.25, 0.3) is 5.91 Å². The molecule has 0 spiro atoms. The van der Waals surface area contributed by atoms with E-state index in [0.717, 1.165) is 6.07 Å². The SMILES string of the molecule is O=C(NCc1nnc(-c2ccncc2)o1)c1c(F)cccc1Cl. The fourth-order valence-electron chi connectivity index (χ4n) is 1.90. The number of hydrogen-bond acceptors (Lipinski definition) is 5. The number of amides is 1. The minimum Gasteiger partial charge on any atom is -0.419 e. The van der Waals surface area contributed by atoms with E-state index in [4.69, 9.17) is 16.0 Å². The summed E-state index contributed by atoms with van der Waals surface area (Å²) >= 11 is 5.83. The van der Waals surface area contributed by atoms with Crippen LogP contribution in [0.2, 0.25) is 5.02 Å². The van der Waals surface area contributed by atoms with Gasteiger partial charge in [-0.25, -0.2) is 4.39 Å². The van der Waals surface area contributed by atoms with E-state index in [9.17, 15) is 9.18 Å². The molecule has 0 bridgehead atoms. The maximum atomic E-state index is 13.6. The van der Waals surface area contributed by atoms with Crippen molar-refractivity contribution in [2.24, 2.45) is 0 Å². The lowest BCUT2D eigenvalue weighted by molar-refractivity contribution is 0.0943. The van der Waals surface area contributed by atoms with Crippen LogP contribution in [0.4, 0.5) is 4.39 Å².